The van der Waals surface area contributed by atoms with Crippen molar-refractivity contribution >= 4 is 17.0 Å². The van der Waals surface area contributed by atoms with Crippen molar-refractivity contribution in [2.24, 2.45) is 0 Å². The summed E-state index contributed by atoms with van der Waals surface area (Å²) in [5, 5.41) is 13.9. The van der Waals surface area contributed by atoms with Gasteiger partial charge in [-0.05, 0) is 54.7 Å². The summed E-state index contributed by atoms with van der Waals surface area (Å²) >= 11 is 0. The molecule has 208 valence electrons. The molecule has 1 aliphatic carbocycles. The van der Waals surface area contributed by atoms with E-state index in [9.17, 15) is 9.90 Å². The van der Waals surface area contributed by atoms with Crippen LogP contribution in [0.4, 0.5) is 0 Å². The van der Waals surface area contributed by atoms with Crippen molar-refractivity contribution in [3.63, 3.8) is 0 Å². The Kier molecular flexibility index (Phi) is 8.09. The first-order chi connectivity index (χ1) is 19.6. The first-order valence-corrected chi connectivity index (χ1v) is 14.2. The third-order valence-electron chi connectivity index (χ3n) is 7.83. The van der Waals surface area contributed by atoms with Crippen molar-refractivity contribution in [1.29, 1.82) is 0 Å². The molecular formula is C32H36N4O4. The number of hydrogen-bond donors (Lipinski definition) is 2. The zero-order chi connectivity index (χ0) is 27.3. The molecule has 3 aromatic carbocycles. The normalized spacial score (nSPS) is 18.8. The van der Waals surface area contributed by atoms with Crippen molar-refractivity contribution in [2.45, 2.75) is 31.4 Å². The molecule has 2 heterocycles. The van der Waals surface area contributed by atoms with Crippen LogP contribution in [0.3, 0.4) is 0 Å². The molecule has 6 rings (SSSR count). The lowest BCUT2D eigenvalue weighted by molar-refractivity contribution is -0.123. The Bertz CT molecular complexity index is 1430. The molecule has 2 N–H and O–H groups in total. The number of β-amino-alcohol motifs (C(OH)–C–C–N with tert-alkyl or cyclic N) is 1. The highest BCUT2D eigenvalue weighted by atomic mass is 16.5. The van der Waals surface area contributed by atoms with Gasteiger partial charge in [0.05, 0.1) is 12.6 Å². The maximum atomic E-state index is 12.8. The number of hydrogen-bond acceptors (Lipinski definition) is 7. The fourth-order valence-corrected chi connectivity index (χ4v) is 5.72. The van der Waals surface area contributed by atoms with Crippen LogP contribution in [-0.4, -0.2) is 77.8 Å². The van der Waals surface area contributed by atoms with Crippen LogP contribution in [0.5, 0.6) is 5.75 Å². The van der Waals surface area contributed by atoms with E-state index in [1.807, 2.05) is 48.5 Å². The van der Waals surface area contributed by atoms with Gasteiger partial charge in [-0.2, -0.15) is 0 Å². The number of rotatable bonds is 9. The van der Waals surface area contributed by atoms with E-state index in [1.165, 1.54) is 11.1 Å². The predicted molar refractivity (Wildman–Crippen MR) is 154 cm³/mol. The van der Waals surface area contributed by atoms with Gasteiger partial charge in [-0.3, -0.25) is 14.6 Å². The second kappa shape index (κ2) is 12.2. The zero-order valence-electron chi connectivity index (χ0n) is 22.7. The molecule has 2 unspecified atom stereocenters. The van der Waals surface area contributed by atoms with Gasteiger partial charge >= 0.3 is 0 Å². The molecule has 1 fully saturated rings. The van der Waals surface area contributed by atoms with E-state index < -0.39 is 6.10 Å². The molecule has 1 aromatic heterocycles. The van der Waals surface area contributed by atoms with Crippen molar-refractivity contribution in [1.82, 2.24) is 20.1 Å². The highest BCUT2D eigenvalue weighted by Crippen LogP contribution is 2.29. The Balaban J connectivity index is 0.932. The standard InChI is InChI=1S/C32H36N4O4/c37-25(22-39-26-13-14-29-30(19-26)40-32(34-29)24-8-2-1-3-9-24)20-35-15-17-36(18-16-35)21-31(38)33-28-12-6-10-23-7-4-5-11-27(23)28/h1-5,7-9,11,13-14,19,25,28,37H,6,10,12,15-18,20-22H2,(H,33,38). The molecular weight excluding hydrogens is 504 g/mol. The minimum atomic E-state index is -0.619. The van der Waals surface area contributed by atoms with Gasteiger partial charge in [-0.1, -0.05) is 42.5 Å². The molecule has 2 aliphatic rings. The summed E-state index contributed by atoms with van der Waals surface area (Å²) in [6, 6.07) is 23.9. The van der Waals surface area contributed by atoms with E-state index in [-0.39, 0.29) is 18.6 Å². The Labute approximate surface area is 234 Å². The maximum absolute atomic E-state index is 12.8. The molecule has 2 atom stereocenters. The van der Waals surface area contributed by atoms with Crippen LogP contribution >= 0.6 is 0 Å². The minimum absolute atomic E-state index is 0.0863. The fourth-order valence-electron chi connectivity index (χ4n) is 5.72. The van der Waals surface area contributed by atoms with Gasteiger partial charge in [0.15, 0.2) is 5.58 Å². The number of nitrogens with zero attached hydrogens (tertiary/aromatic N) is 3. The number of fused-ring (bicyclic) bond motifs is 2. The summed E-state index contributed by atoms with van der Waals surface area (Å²) in [7, 11) is 0. The lowest BCUT2D eigenvalue weighted by Crippen LogP contribution is -2.51. The van der Waals surface area contributed by atoms with Gasteiger partial charge in [0.25, 0.3) is 0 Å². The topological polar surface area (TPSA) is 91.1 Å². The SMILES string of the molecule is O=C(CN1CCN(CC(O)COc2ccc3nc(-c4ccccc4)oc3c2)CC1)NC1CCCc2ccccc21. The fraction of sp³-hybridized carbons (Fsp3) is 0.375. The van der Waals surface area contributed by atoms with Gasteiger partial charge in [0.1, 0.15) is 24.0 Å². The largest absolute Gasteiger partial charge is 0.491 e. The van der Waals surface area contributed by atoms with Crippen LogP contribution < -0.4 is 10.1 Å². The summed E-state index contributed by atoms with van der Waals surface area (Å²) in [6.45, 7) is 4.35. The van der Waals surface area contributed by atoms with Gasteiger partial charge in [0, 0.05) is 44.4 Å². The van der Waals surface area contributed by atoms with E-state index in [0.717, 1.165) is 56.5 Å². The number of oxazole rings is 1. The average molecular weight is 541 g/mol. The van der Waals surface area contributed by atoms with Gasteiger partial charge in [-0.15, -0.1) is 0 Å². The Morgan fingerprint density at radius 2 is 1.80 bits per heavy atom. The van der Waals surface area contributed by atoms with Crippen LogP contribution in [0.15, 0.2) is 77.2 Å². The number of aryl methyl sites for hydroxylation is 1. The summed E-state index contributed by atoms with van der Waals surface area (Å²) < 4.78 is 11.8. The number of ether oxygens (including phenoxy) is 1. The first-order valence-electron chi connectivity index (χ1n) is 14.2. The average Bonchev–Trinajstić information content (AvgIpc) is 3.41. The van der Waals surface area contributed by atoms with Gasteiger partial charge in [0.2, 0.25) is 11.8 Å². The molecule has 0 bridgehead atoms. The lowest BCUT2D eigenvalue weighted by Gasteiger charge is -2.35. The number of nitrogens with one attached hydrogen (secondary N) is 1. The number of amides is 1. The molecule has 4 aromatic rings. The second-order valence-electron chi connectivity index (χ2n) is 10.8. The molecule has 1 aliphatic heterocycles. The highest BCUT2D eigenvalue weighted by molar-refractivity contribution is 5.79. The number of aliphatic hydroxyl groups is 1. The van der Waals surface area contributed by atoms with Crippen molar-refractivity contribution in [3.8, 4) is 17.2 Å². The van der Waals surface area contributed by atoms with Gasteiger partial charge < -0.3 is 19.6 Å². The molecule has 0 spiro atoms. The molecule has 1 amide bonds. The maximum Gasteiger partial charge on any atom is 0.234 e. The van der Waals surface area contributed by atoms with E-state index in [2.05, 4.69) is 44.4 Å². The molecule has 0 radical (unpaired) electrons. The van der Waals surface area contributed by atoms with Crippen LogP contribution in [0, 0.1) is 0 Å². The highest BCUT2D eigenvalue weighted by Gasteiger charge is 2.24. The summed E-state index contributed by atoms with van der Waals surface area (Å²) in [5.41, 5.74) is 4.96. The van der Waals surface area contributed by atoms with E-state index in [0.29, 0.717) is 30.3 Å². The first kappa shape index (κ1) is 26.5. The third kappa shape index (κ3) is 6.36. The number of aromatic nitrogens is 1. The number of carbonyl (C=O) groups excluding carboxylic acids is 1. The van der Waals surface area contributed by atoms with Crippen molar-refractivity contribution in [2.75, 3.05) is 45.9 Å². The summed E-state index contributed by atoms with van der Waals surface area (Å²) in [4.78, 5) is 21.8. The van der Waals surface area contributed by atoms with Crippen molar-refractivity contribution in [3.05, 3.63) is 83.9 Å². The zero-order valence-corrected chi connectivity index (χ0v) is 22.7. The van der Waals surface area contributed by atoms with Crippen LogP contribution in [0.2, 0.25) is 0 Å². The lowest BCUT2D eigenvalue weighted by atomic mass is 9.88. The minimum Gasteiger partial charge on any atom is -0.491 e. The Hall–Kier alpha value is -3.72. The van der Waals surface area contributed by atoms with Gasteiger partial charge in [-0.25, -0.2) is 4.98 Å². The molecule has 0 saturated carbocycles. The molecule has 8 heteroatoms. The van der Waals surface area contributed by atoms with E-state index >= 15 is 0 Å². The molecule has 40 heavy (non-hydrogen) atoms. The number of aliphatic hydroxyl groups excluding tert-OH is 1. The second-order valence-corrected chi connectivity index (χ2v) is 10.8. The number of carbonyl (C=O) groups is 1. The number of benzene rings is 3. The monoisotopic (exact) mass is 540 g/mol. The third-order valence-corrected chi connectivity index (χ3v) is 7.83. The molecule has 1 saturated heterocycles. The molecule has 8 nitrogen and oxygen atoms in total. The summed E-state index contributed by atoms with van der Waals surface area (Å²) in [5.74, 6) is 1.30. The predicted octanol–water partition coefficient (Wildman–Crippen LogP) is 4.05. The Morgan fingerprint density at radius 3 is 2.65 bits per heavy atom. The summed E-state index contributed by atoms with van der Waals surface area (Å²) in [6.07, 6.45) is 2.58. The van der Waals surface area contributed by atoms with E-state index in [1.54, 1.807) is 0 Å². The quantitative estimate of drug-likeness (QED) is 0.331. The Morgan fingerprint density at radius 1 is 1.02 bits per heavy atom. The van der Waals surface area contributed by atoms with Crippen molar-refractivity contribution < 1.29 is 19.1 Å². The van der Waals surface area contributed by atoms with Crippen LogP contribution in [-0.2, 0) is 11.2 Å². The van der Waals surface area contributed by atoms with E-state index in [4.69, 9.17) is 9.15 Å². The van der Waals surface area contributed by atoms with Crippen LogP contribution in [0.1, 0.15) is 30.0 Å². The smallest absolute Gasteiger partial charge is 0.234 e. The van der Waals surface area contributed by atoms with Crippen LogP contribution in [0.25, 0.3) is 22.6 Å². The number of piperazine rings is 1.